The zero-order valence-electron chi connectivity index (χ0n) is 9.02. The lowest BCUT2D eigenvalue weighted by molar-refractivity contribution is 0.419. The van der Waals surface area contributed by atoms with E-state index in [2.05, 4.69) is 4.98 Å². The van der Waals surface area contributed by atoms with Gasteiger partial charge in [0.05, 0.1) is 5.76 Å². The van der Waals surface area contributed by atoms with Gasteiger partial charge in [0, 0.05) is 6.08 Å². The molecule has 0 aliphatic heterocycles. The zero-order valence-corrected chi connectivity index (χ0v) is 9.02. The third-order valence-corrected chi connectivity index (χ3v) is 2.11. The minimum absolute atomic E-state index is 0.0202. The van der Waals surface area contributed by atoms with Crippen molar-refractivity contribution in [3.05, 3.63) is 45.6 Å². The molecule has 0 amide bonds. The normalized spacial score (nSPS) is 12.0. The minimum Gasteiger partial charge on any atom is -0.513 e. The Bertz CT molecular complexity index is 622. The van der Waals surface area contributed by atoms with Crippen molar-refractivity contribution in [2.75, 3.05) is 0 Å². The van der Waals surface area contributed by atoms with Gasteiger partial charge in [-0.15, -0.1) is 0 Å². The maximum atomic E-state index is 11.5. The molecule has 2 rings (SSSR count). The van der Waals surface area contributed by atoms with Crippen LogP contribution in [0, 0.1) is 6.92 Å². The number of hydrogen-bond donors (Lipinski definition) is 1. The standard InChI is InChI=1S/C12H11NO3/c1-7-3-4-11-9(5-7)13-10(6-8(2)14)12(15)16-11/h3-6,14H,1-2H3/b8-6-. The first-order chi connectivity index (χ1) is 7.56. The van der Waals surface area contributed by atoms with E-state index in [-0.39, 0.29) is 11.5 Å². The van der Waals surface area contributed by atoms with Crippen LogP contribution in [0.3, 0.4) is 0 Å². The molecule has 1 N–H and O–H groups in total. The van der Waals surface area contributed by atoms with E-state index in [1.54, 1.807) is 6.07 Å². The molecule has 0 radical (unpaired) electrons. The fraction of sp³-hybridized carbons (Fsp3) is 0.167. The predicted octanol–water partition coefficient (Wildman–Crippen LogP) is 2.42. The molecule has 1 heterocycles. The second-order valence-electron chi connectivity index (χ2n) is 3.64. The van der Waals surface area contributed by atoms with Crippen LogP contribution < -0.4 is 5.63 Å². The van der Waals surface area contributed by atoms with Crippen LogP contribution in [-0.2, 0) is 0 Å². The number of fused-ring (bicyclic) bond motifs is 1. The van der Waals surface area contributed by atoms with Crippen molar-refractivity contribution in [1.82, 2.24) is 4.98 Å². The van der Waals surface area contributed by atoms with Gasteiger partial charge in [0.2, 0.25) is 0 Å². The minimum atomic E-state index is -0.551. The number of aryl methyl sites for hydroxylation is 1. The highest BCUT2D eigenvalue weighted by atomic mass is 16.4. The predicted molar refractivity (Wildman–Crippen MR) is 61.3 cm³/mol. The quantitative estimate of drug-likeness (QED) is 0.745. The summed E-state index contributed by atoms with van der Waals surface area (Å²) in [5.74, 6) is 0.0202. The van der Waals surface area contributed by atoms with E-state index < -0.39 is 5.63 Å². The number of rotatable bonds is 1. The number of benzene rings is 1. The second-order valence-corrected chi connectivity index (χ2v) is 3.64. The largest absolute Gasteiger partial charge is 0.513 e. The van der Waals surface area contributed by atoms with Gasteiger partial charge in [0.25, 0.3) is 0 Å². The Morgan fingerprint density at radius 1 is 1.50 bits per heavy atom. The van der Waals surface area contributed by atoms with E-state index in [0.29, 0.717) is 11.1 Å². The van der Waals surface area contributed by atoms with Crippen molar-refractivity contribution in [2.45, 2.75) is 13.8 Å². The van der Waals surface area contributed by atoms with Crippen molar-refractivity contribution in [3.8, 4) is 0 Å². The molecule has 1 aromatic carbocycles. The molecule has 0 unspecified atom stereocenters. The summed E-state index contributed by atoms with van der Waals surface area (Å²) in [6, 6.07) is 5.38. The van der Waals surface area contributed by atoms with Gasteiger partial charge in [-0.2, -0.15) is 0 Å². The van der Waals surface area contributed by atoms with Crippen LogP contribution in [-0.4, -0.2) is 10.1 Å². The molecular formula is C12H11NO3. The molecule has 2 aromatic rings. The van der Waals surface area contributed by atoms with Crippen LogP contribution >= 0.6 is 0 Å². The van der Waals surface area contributed by atoms with E-state index in [4.69, 9.17) is 9.52 Å². The van der Waals surface area contributed by atoms with Crippen LogP contribution in [0.1, 0.15) is 18.2 Å². The molecule has 0 bridgehead atoms. The lowest BCUT2D eigenvalue weighted by Crippen LogP contribution is -2.06. The number of aromatic nitrogens is 1. The summed E-state index contributed by atoms with van der Waals surface area (Å²) in [5.41, 5.74) is 1.64. The van der Waals surface area contributed by atoms with Gasteiger partial charge < -0.3 is 9.52 Å². The highest BCUT2D eigenvalue weighted by Gasteiger charge is 2.05. The Hall–Kier alpha value is -2.10. The van der Waals surface area contributed by atoms with Gasteiger partial charge in [-0.3, -0.25) is 0 Å². The summed E-state index contributed by atoms with van der Waals surface area (Å²) in [5, 5.41) is 9.10. The summed E-state index contributed by atoms with van der Waals surface area (Å²) in [4.78, 5) is 15.6. The molecule has 0 aliphatic carbocycles. The molecule has 16 heavy (non-hydrogen) atoms. The van der Waals surface area contributed by atoms with Crippen LogP contribution in [0.5, 0.6) is 0 Å². The number of hydrogen-bond acceptors (Lipinski definition) is 4. The molecule has 1 aromatic heterocycles. The first-order valence-electron chi connectivity index (χ1n) is 4.85. The molecule has 0 atom stereocenters. The van der Waals surface area contributed by atoms with Crippen LogP contribution in [0.4, 0.5) is 0 Å². The average Bonchev–Trinajstić information content (AvgIpc) is 2.19. The maximum absolute atomic E-state index is 11.5. The molecule has 4 heteroatoms. The van der Waals surface area contributed by atoms with E-state index >= 15 is 0 Å². The smallest absolute Gasteiger partial charge is 0.362 e. The summed E-state index contributed by atoms with van der Waals surface area (Å²) in [6.45, 7) is 3.40. The zero-order chi connectivity index (χ0) is 11.7. The Labute approximate surface area is 91.9 Å². The first kappa shape index (κ1) is 10.4. The summed E-state index contributed by atoms with van der Waals surface area (Å²) in [6.07, 6.45) is 1.29. The van der Waals surface area contributed by atoms with Crippen LogP contribution in [0.15, 0.2) is 33.2 Å². The van der Waals surface area contributed by atoms with Crippen molar-refractivity contribution in [3.63, 3.8) is 0 Å². The third-order valence-electron chi connectivity index (χ3n) is 2.11. The fourth-order valence-electron chi connectivity index (χ4n) is 1.42. The van der Waals surface area contributed by atoms with Crippen molar-refractivity contribution in [2.24, 2.45) is 0 Å². The second kappa shape index (κ2) is 3.81. The van der Waals surface area contributed by atoms with Gasteiger partial charge in [-0.05, 0) is 31.5 Å². The van der Waals surface area contributed by atoms with E-state index in [9.17, 15) is 4.79 Å². The fourth-order valence-corrected chi connectivity index (χ4v) is 1.42. The lowest BCUT2D eigenvalue weighted by atomic mass is 10.2. The number of nitrogens with zero attached hydrogens (tertiary/aromatic N) is 1. The summed E-state index contributed by atoms with van der Waals surface area (Å²) in [7, 11) is 0. The monoisotopic (exact) mass is 217 g/mol. The van der Waals surface area contributed by atoms with Crippen LogP contribution in [0.25, 0.3) is 17.2 Å². The topological polar surface area (TPSA) is 63.3 Å². The average molecular weight is 217 g/mol. The van der Waals surface area contributed by atoms with E-state index in [0.717, 1.165) is 5.56 Å². The van der Waals surface area contributed by atoms with Crippen molar-refractivity contribution < 1.29 is 9.52 Å². The van der Waals surface area contributed by atoms with Crippen LogP contribution in [0.2, 0.25) is 0 Å². The Morgan fingerprint density at radius 3 is 2.94 bits per heavy atom. The molecule has 0 saturated heterocycles. The molecule has 4 nitrogen and oxygen atoms in total. The van der Waals surface area contributed by atoms with Gasteiger partial charge in [-0.25, -0.2) is 9.78 Å². The molecule has 0 fully saturated rings. The molecule has 0 spiro atoms. The number of aliphatic hydroxyl groups is 1. The van der Waals surface area contributed by atoms with Crippen molar-refractivity contribution in [1.29, 1.82) is 0 Å². The summed E-state index contributed by atoms with van der Waals surface area (Å²) >= 11 is 0. The summed E-state index contributed by atoms with van der Waals surface area (Å²) < 4.78 is 5.07. The van der Waals surface area contributed by atoms with Gasteiger partial charge in [-0.1, -0.05) is 6.07 Å². The molecule has 0 aliphatic rings. The molecular weight excluding hydrogens is 206 g/mol. The van der Waals surface area contributed by atoms with Gasteiger partial charge in [0.15, 0.2) is 11.3 Å². The third kappa shape index (κ3) is 1.95. The van der Waals surface area contributed by atoms with E-state index in [1.807, 2.05) is 19.1 Å². The lowest BCUT2D eigenvalue weighted by Gasteiger charge is -1.99. The number of aliphatic hydroxyl groups excluding tert-OH is 1. The Balaban J connectivity index is 2.74. The first-order valence-corrected chi connectivity index (χ1v) is 4.85. The van der Waals surface area contributed by atoms with Crippen molar-refractivity contribution >= 4 is 17.2 Å². The van der Waals surface area contributed by atoms with E-state index in [1.165, 1.54) is 13.0 Å². The maximum Gasteiger partial charge on any atom is 0.362 e. The van der Waals surface area contributed by atoms with Gasteiger partial charge in [0.1, 0.15) is 5.52 Å². The SMILES string of the molecule is C/C(O)=C/c1nc2cc(C)ccc2oc1=O. The Kier molecular flexibility index (Phi) is 2.48. The highest BCUT2D eigenvalue weighted by molar-refractivity contribution is 5.73. The Morgan fingerprint density at radius 2 is 2.25 bits per heavy atom. The highest BCUT2D eigenvalue weighted by Crippen LogP contribution is 2.12. The molecule has 82 valence electrons. The molecule has 0 saturated carbocycles. The van der Waals surface area contributed by atoms with Gasteiger partial charge >= 0.3 is 5.63 Å². The number of allylic oxidation sites excluding steroid dienone is 1.